The van der Waals surface area contributed by atoms with Crippen LogP contribution in [0.4, 0.5) is 18.0 Å². The lowest BCUT2D eigenvalue weighted by Crippen LogP contribution is -2.57. The first-order chi connectivity index (χ1) is 23.3. The zero-order chi connectivity index (χ0) is 37.2. The number of carbonyl (C=O) groups excluding carboxylic acids is 4. The Morgan fingerprint density at radius 1 is 0.880 bits per heavy atom. The molecule has 3 atom stereocenters. The van der Waals surface area contributed by atoms with Gasteiger partial charge in [-0.25, -0.2) is 9.59 Å². The second-order valence-corrected chi connectivity index (χ2v) is 13.2. The maximum atomic E-state index is 13.7. The molecule has 0 saturated carbocycles. The van der Waals surface area contributed by atoms with Crippen LogP contribution in [0.5, 0.6) is 0 Å². The van der Waals surface area contributed by atoms with Gasteiger partial charge in [0.05, 0.1) is 18.6 Å². The molecular weight excluding hydrogens is 661 g/mol. The number of halogens is 3. The van der Waals surface area contributed by atoms with Crippen molar-refractivity contribution in [2.75, 3.05) is 6.61 Å². The summed E-state index contributed by atoms with van der Waals surface area (Å²) in [5.41, 5.74) is -0.000504. The number of benzene rings is 2. The number of carboxylic acid groups (broad SMARTS) is 1. The van der Waals surface area contributed by atoms with Crippen LogP contribution in [0.3, 0.4) is 0 Å². The summed E-state index contributed by atoms with van der Waals surface area (Å²) < 4.78 is 49.7. The molecule has 0 aliphatic rings. The molecule has 0 aliphatic heterocycles. The summed E-state index contributed by atoms with van der Waals surface area (Å²) in [6.07, 6.45) is -4.59. The maximum Gasteiger partial charge on any atom is 0.416 e. The van der Waals surface area contributed by atoms with Crippen LogP contribution in [-0.4, -0.2) is 70.3 Å². The molecule has 3 rings (SSSR count). The third kappa shape index (κ3) is 12.4. The molecule has 12 nitrogen and oxygen atoms in total. The van der Waals surface area contributed by atoms with E-state index >= 15 is 0 Å². The van der Waals surface area contributed by atoms with Crippen LogP contribution in [-0.2, 0) is 47.7 Å². The molecule has 3 aromatic rings. The van der Waals surface area contributed by atoms with Crippen LogP contribution < -0.4 is 16.0 Å². The molecule has 1 aromatic heterocycles. The van der Waals surface area contributed by atoms with Crippen molar-refractivity contribution in [3.63, 3.8) is 0 Å². The van der Waals surface area contributed by atoms with E-state index in [0.29, 0.717) is 5.56 Å². The van der Waals surface area contributed by atoms with E-state index in [1.807, 2.05) is 24.3 Å². The van der Waals surface area contributed by atoms with E-state index in [2.05, 4.69) is 20.9 Å². The molecule has 0 aliphatic carbocycles. The van der Waals surface area contributed by atoms with Crippen LogP contribution in [0.15, 0.2) is 54.7 Å². The van der Waals surface area contributed by atoms with Crippen LogP contribution in [0.2, 0.25) is 0 Å². The number of alkyl carbamates (subject to hydrolysis) is 1. The summed E-state index contributed by atoms with van der Waals surface area (Å²) in [5, 5.41) is 17.8. The van der Waals surface area contributed by atoms with Gasteiger partial charge < -0.3 is 35.5 Å². The standard InChI is InChI=1S/C35H43F3N4O8/c1-20(2)15-26(30(45)41-28(18-29(43)44)32(47)49-14-13-21-9-8-10-23(16-21)35(36,37)38)40-31(46)27(42-33(48)50-34(3,4)5)17-22-19-39-25-12-7-6-11-24(22)25/h6-12,16,19-20,26-28,39H,13-15,17-18H2,1-5H3,(H,40,46)(H,41,45)(H,42,48)(H,43,44)/t26-,27-,28-/m0/s1. The Bertz CT molecular complexity index is 1670. The van der Waals surface area contributed by atoms with Gasteiger partial charge in [0, 0.05) is 29.9 Å². The number of aromatic amines is 1. The predicted molar refractivity (Wildman–Crippen MR) is 177 cm³/mol. The number of hydrogen-bond acceptors (Lipinski definition) is 7. The van der Waals surface area contributed by atoms with Crippen LogP contribution in [0.25, 0.3) is 10.9 Å². The van der Waals surface area contributed by atoms with Crippen molar-refractivity contribution >= 4 is 40.7 Å². The Labute approximate surface area is 287 Å². The average molecular weight is 705 g/mol. The smallest absolute Gasteiger partial charge is 0.416 e. The van der Waals surface area contributed by atoms with E-state index in [0.717, 1.165) is 23.0 Å². The van der Waals surface area contributed by atoms with Gasteiger partial charge in [-0.15, -0.1) is 0 Å². The molecule has 0 fully saturated rings. The van der Waals surface area contributed by atoms with Gasteiger partial charge in [0.25, 0.3) is 0 Å². The zero-order valence-corrected chi connectivity index (χ0v) is 28.5. The Hall–Kier alpha value is -5.08. The van der Waals surface area contributed by atoms with Gasteiger partial charge in [-0.3, -0.25) is 14.4 Å². The van der Waals surface area contributed by atoms with Gasteiger partial charge in [0.2, 0.25) is 11.8 Å². The quantitative estimate of drug-likeness (QED) is 0.139. The van der Waals surface area contributed by atoms with E-state index < -0.39 is 71.7 Å². The second kappa shape index (κ2) is 17.0. The van der Waals surface area contributed by atoms with Gasteiger partial charge in [-0.1, -0.05) is 50.2 Å². The van der Waals surface area contributed by atoms with E-state index in [1.165, 1.54) is 12.1 Å². The molecule has 0 unspecified atom stereocenters. The minimum atomic E-state index is -4.56. The van der Waals surface area contributed by atoms with Crippen molar-refractivity contribution in [2.24, 2.45) is 5.92 Å². The van der Waals surface area contributed by atoms with Crippen LogP contribution in [0.1, 0.15) is 64.2 Å². The molecule has 50 heavy (non-hydrogen) atoms. The average Bonchev–Trinajstić information content (AvgIpc) is 3.41. The molecule has 3 amide bonds. The Morgan fingerprint density at radius 3 is 2.18 bits per heavy atom. The summed E-state index contributed by atoms with van der Waals surface area (Å²) in [6.45, 7) is 8.16. The van der Waals surface area contributed by atoms with E-state index in [1.54, 1.807) is 40.8 Å². The molecule has 15 heteroatoms. The molecule has 0 bridgehead atoms. The summed E-state index contributed by atoms with van der Waals surface area (Å²) in [4.78, 5) is 67.6. The first-order valence-corrected chi connectivity index (χ1v) is 16.0. The number of para-hydroxylation sites is 1. The highest BCUT2D eigenvalue weighted by Gasteiger charge is 2.33. The fourth-order valence-electron chi connectivity index (χ4n) is 5.07. The normalized spacial score (nSPS) is 13.6. The van der Waals surface area contributed by atoms with Crippen LogP contribution in [0, 0.1) is 5.92 Å². The number of nitrogens with one attached hydrogen (secondary N) is 4. The molecule has 2 aromatic carbocycles. The van der Waals surface area contributed by atoms with Crippen molar-refractivity contribution in [3.8, 4) is 0 Å². The molecule has 1 heterocycles. The summed E-state index contributed by atoms with van der Waals surface area (Å²) in [5.74, 6) is -4.33. The number of amides is 3. The minimum absolute atomic E-state index is 0.0188. The minimum Gasteiger partial charge on any atom is -0.481 e. The van der Waals surface area contributed by atoms with E-state index in [9.17, 15) is 42.3 Å². The lowest BCUT2D eigenvalue weighted by atomic mass is 10.0. The lowest BCUT2D eigenvalue weighted by molar-refractivity contribution is -0.152. The molecule has 0 spiro atoms. The third-order valence-electron chi connectivity index (χ3n) is 7.32. The van der Waals surface area contributed by atoms with Crippen LogP contribution >= 0.6 is 0 Å². The number of alkyl halides is 3. The summed E-state index contributed by atoms with van der Waals surface area (Å²) in [7, 11) is 0. The topological polar surface area (TPSA) is 176 Å². The second-order valence-electron chi connectivity index (χ2n) is 13.2. The van der Waals surface area contributed by atoms with E-state index in [4.69, 9.17) is 9.47 Å². The largest absolute Gasteiger partial charge is 0.481 e. The van der Waals surface area contributed by atoms with Crippen molar-refractivity contribution in [1.82, 2.24) is 20.9 Å². The SMILES string of the molecule is CC(C)C[C@H](NC(=O)[C@H](Cc1c[nH]c2ccccc12)NC(=O)OC(C)(C)C)C(=O)N[C@@H](CC(=O)O)C(=O)OCCc1cccc(C(F)(F)F)c1. The van der Waals surface area contributed by atoms with Crippen molar-refractivity contribution in [3.05, 3.63) is 71.4 Å². The van der Waals surface area contributed by atoms with Gasteiger partial charge in [0.1, 0.15) is 23.7 Å². The fourth-order valence-corrected chi connectivity index (χ4v) is 5.07. The van der Waals surface area contributed by atoms with Gasteiger partial charge in [-0.05, 0) is 56.4 Å². The number of H-pyrrole nitrogens is 1. The number of rotatable bonds is 15. The number of esters is 1. The number of ether oxygens (including phenoxy) is 2. The Balaban J connectivity index is 1.76. The van der Waals surface area contributed by atoms with Crippen molar-refractivity contribution in [2.45, 2.75) is 90.2 Å². The van der Waals surface area contributed by atoms with Crippen molar-refractivity contribution in [1.29, 1.82) is 0 Å². The van der Waals surface area contributed by atoms with Gasteiger partial charge >= 0.3 is 24.2 Å². The first kappa shape index (κ1) is 39.4. The number of carboxylic acids is 1. The Kier molecular flexibility index (Phi) is 13.4. The molecule has 0 saturated heterocycles. The lowest BCUT2D eigenvalue weighted by Gasteiger charge is -2.26. The maximum absolute atomic E-state index is 13.7. The molecule has 0 radical (unpaired) electrons. The Morgan fingerprint density at radius 2 is 1.54 bits per heavy atom. The monoisotopic (exact) mass is 704 g/mol. The summed E-state index contributed by atoms with van der Waals surface area (Å²) in [6, 6.07) is 7.66. The number of aromatic nitrogens is 1. The predicted octanol–water partition coefficient (Wildman–Crippen LogP) is 4.90. The highest BCUT2D eigenvalue weighted by Crippen LogP contribution is 2.29. The molecule has 272 valence electrons. The number of aliphatic carboxylic acids is 1. The molecular formula is C35H43F3N4O8. The van der Waals surface area contributed by atoms with E-state index in [-0.39, 0.29) is 37.4 Å². The number of hydrogen-bond donors (Lipinski definition) is 5. The van der Waals surface area contributed by atoms with Crippen molar-refractivity contribution < 1.29 is 51.7 Å². The number of carbonyl (C=O) groups is 5. The van der Waals surface area contributed by atoms with Gasteiger partial charge in [-0.2, -0.15) is 13.2 Å². The fraction of sp³-hybridized carbons (Fsp3) is 0.457. The molecule has 5 N–H and O–H groups in total. The highest BCUT2D eigenvalue weighted by atomic mass is 19.4. The number of fused-ring (bicyclic) bond motifs is 1. The zero-order valence-electron chi connectivity index (χ0n) is 28.5. The summed E-state index contributed by atoms with van der Waals surface area (Å²) >= 11 is 0. The highest BCUT2D eigenvalue weighted by molar-refractivity contribution is 5.94. The third-order valence-corrected chi connectivity index (χ3v) is 7.32. The van der Waals surface area contributed by atoms with Gasteiger partial charge in [0.15, 0.2) is 0 Å². The first-order valence-electron chi connectivity index (χ1n) is 16.0.